The van der Waals surface area contributed by atoms with Crippen LogP contribution in [0, 0.1) is 17.5 Å². The van der Waals surface area contributed by atoms with Gasteiger partial charge in [-0.25, -0.2) is 32.2 Å². The number of nitrogens with two attached hydrogens (primary N) is 1. The normalized spacial score (nSPS) is 11.3. The first kappa shape index (κ1) is 22.9. The Morgan fingerprint density at radius 2 is 1.79 bits per heavy atom. The molecule has 0 aliphatic carbocycles. The highest BCUT2D eigenvalue weighted by molar-refractivity contribution is 7.91. The molecule has 174 valence electrons. The summed E-state index contributed by atoms with van der Waals surface area (Å²) in [5.74, 6) is -6.55. The van der Waals surface area contributed by atoms with Gasteiger partial charge in [-0.15, -0.1) is 0 Å². The van der Waals surface area contributed by atoms with Crippen LogP contribution in [0.3, 0.4) is 0 Å². The molecule has 0 atom stereocenters. The van der Waals surface area contributed by atoms with Crippen LogP contribution in [0.5, 0.6) is 11.6 Å². The predicted molar refractivity (Wildman–Crippen MR) is 117 cm³/mol. The van der Waals surface area contributed by atoms with Crippen LogP contribution in [-0.4, -0.2) is 28.4 Å². The number of ether oxygens (including phenoxy) is 1. The molecule has 0 spiro atoms. The molecule has 13 heteroatoms. The lowest BCUT2D eigenvalue weighted by Gasteiger charge is -2.14. The highest BCUT2D eigenvalue weighted by Gasteiger charge is 2.25. The van der Waals surface area contributed by atoms with Crippen LogP contribution in [0.15, 0.2) is 61.2 Å². The lowest BCUT2D eigenvalue weighted by Crippen LogP contribution is -2.18. The molecule has 0 saturated carbocycles. The summed E-state index contributed by atoms with van der Waals surface area (Å²) in [6.45, 7) is 0. The third-order valence-corrected chi connectivity index (χ3v) is 5.62. The van der Waals surface area contributed by atoms with Crippen LogP contribution >= 0.6 is 0 Å². The van der Waals surface area contributed by atoms with Crippen molar-refractivity contribution >= 4 is 21.7 Å². The van der Waals surface area contributed by atoms with E-state index in [2.05, 4.69) is 19.9 Å². The second-order valence-corrected chi connectivity index (χ2v) is 8.56. The number of hydrogen-bond donors (Lipinski definition) is 2. The van der Waals surface area contributed by atoms with E-state index in [0.717, 1.165) is 0 Å². The molecule has 0 saturated heterocycles. The van der Waals surface area contributed by atoms with Crippen molar-refractivity contribution in [2.24, 2.45) is 0 Å². The van der Waals surface area contributed by atoms with Gasteiger partial charge < -0.3 is 10.5 Å². The maximum Gasteiger partial charge on any atom is 0.237 e. The molecule has 4 rings (SSSR count). The second kappa shape index (κ2) is 9.31. The molecule has 4 aromatic rings. The van der Waals surface area contributed by atoms with E-state index in [1.807, 2.05) is 0 Å². The van der Waals surface area contributed by atoms with Gasteiger partial charge in [-0.05, 0) is 29.8 Å². The van der Waals surface area contributed by atoms with Gasteiger partial charge >= 0.3 is 0 Å². The van der Waals surface area contributed by atoms with Crippen LogP contribution < -0.4 is 15.2 Å². The van der Waals surface area contributed by atoms with Crippen molar-refractivity contribution in [1.29, 1.82) is 0 Å². The summed E-state index contributed by atoms with van der Waals surface area (Å²) in [6.07, 6.45) is 5.40. The summed E-state index contributed by atoms with van der Waals surface area (Å²) in [5.41, 5.74) is 5.18. The van der Waals surface area contributed by atoms with E-state index in [9.17, 15) is 21.6 Å². The maximum atomic E-state index is 14.7. The van der Waals surface area contributed by atoms with E-state index >= 15 is 0 Å². The van der Waals surface area contributed by atoms with Gasteiger partial charge in [0.1, 0.15) is 5.69 Å². The Hall–Kier alpha value is -4.26. The number of nitrogens with one attached hydrogen (secondary N) is 1. The number of benzene rings is 1. The zero-order valence-electron chi connectivity index (χ0n) is 17.1. The highest BCUT2D eigenvalue weighted by atomic mass is 32.2. The van der Waals surface area contributed by atoms with Gasteiger partial charge in [0.25, 0.3) is 0 Å². The van der Waals surface area contributed by atoms with Gasteiger partial charge in [-0.1, -0.05) is 6.07 Å². The van der Waals surface area contributed by atoms with Crippen LogP contribution in [-0.2, 0) is 15.8 Å². The quantitative estimate of drug-likeness (QED) is 0.377. The Labute approximate surface area is 191 Å². The third-order valence-electron chi connectivity index (χ3n) is 4.39. The molecule has 1 aromatic carbocycles. The monoisotopic (exact) mass is 488 g/mol. The average Bonchev–Trinajstić information content (AvgIpc) is 2.81. The van der Waals surface area contributed by atoms with E-state index in [1.54, 1.807) is 4.72 Å². The minimum absolute atomic E-state index is 0.0431. The van der Waals surface area contributed by atoms with Crippen molar-refractivity contribution in [3.63, 3.8) is 0 Å². The number of nitrogens with zero attached hydrogens (tertiary/aromatic N) is 4. The Balaban J connectivity index is 1.64. The van der Waals surface area contributed by atoms with Crippen LogP contribution in [0.2, 0.25) is 0 Å². The topological polar surface area (TPSA) is 133 Å². The molecular formula is C21H15F3N6O3S. The molecule has 0 fully saturated rings. The summed E-state index contributed by atoms with van der Waals surface area (Å²) in [7, 11) is -4.28. The van der Waals surface area contributed by atoms with Crippen LogP contribution in [0.25, 0.3) is 11.3 Å². The standard InChI is InChI=1S/C21H15F3N6O3S/c22-14-9-16(33-20-13(4-2-7-27-20)15-5-8-28-21(25)29-15)17(23)18(24)19(14)30-34(31,32)11-12-3-1-6-26-10-12/h1-10,30H,11H2,(H2,25,28,29). The van der Waals surface area contributed by atoms with E-state index < -0.39 is 44.7 Å². The molecule has 3 N–H and O–H groups in total. The second-order valence-electron chi connectivity index (χ2n) is 6.84. The van der Waals surface area contributed by atoms with E-state index in [-0.39, 0.29) is 28.6 Å². The van der Waals surface area contributed by atoms with Crippen LogP contribution in [0.4, 0.5) is 24.8 Å². The Kier molecular flexibility index (Phi) is 6.27. The molecule has 9 nitrogen and oxygen atoms in total. The average molecular weight is 488 g/mol. The molecule has 0 unspecified atom stereocenters. The fourth-order valence-corrected chi connectivity index (χ4v) is 4.11. The predicted octanol–water partition coefficient (Wildman–Crippen LogP) is 3.67. The molecule has 0 bridgehead atoms. The molecular weight excluding hydrogens is 473 g/mol. The molecule has 0 amide bonds. The SMILES string of the molecule is Nc1nccc(-c2cccnc2Oc2cc(F)c(NS(=O)(=O)Cc3cccnc3)c(F)c2F)n1. The molecule has 0 radical (unpaired) electrons. The number of nitrogen functional groups attached to an aromatic ring is 1. The number of rotatable bonds is 7. The maximum absolute atomic E-state index is 14.7. The van der Waals surface area contributed by atoms with Gasteiger partial charge in [0.05, 0.1) is 17.0 Å². The zero-order valence-corrected chi connectivity index (χ0v) is 17.9. The number of pyridine rings is 2. The summed E-state index contributed by atoms with van der Waals surface area (Å²) in [5, 5.41) is 0. The molecule has 3 aromatic heterocycles. The Morgan fingerprint density at radius 3 is 2.53 bits per heavy atom. The molecule has 0 aliphatic rings. The molecule has 34 heavy (non-hydrogen) atoms. The van der Waals surface area contributed by atoms with E-state index in [4.69, 9.17) is 10.5 Å². The van der Waals surface area contributed by atoms with Gasteiger partial charge in [0.2, 0.25) is 27.7 Å². The van der Waals surface area contributed by atoms with Crippen molar-refractivity contribution < 1.29 is 26.3 Å². The summed E-state index contributed by atoms with van der Waals surface area (Å²) >= 11 is 0. The van der Waals surface area contributed by atoms with Crippen molar-refractivity contribution in [3.8, 4) is 22.9 Å². The van der Waals surface area contributed by atoms with Gasteiger partial charge in [0.15, 0.2) is 17.4 Å². The largest absolute Gasteiger partial charge is 0.435 e. The Bertz CT molecular complexity index is 1460. The summed E-state index contributed by atoms with van der Waals surface area (Å²) < 4.78 is 75.8. The van der Waals surface area contributed by atoms with Crippen molar-refractivity contribution in [3.05, 3.63) is 84.2 Å². The summed E-state index contributed by atoms with van der Waals surface area (Å²) in [6, 6.07) is 8.02. The van der Waals surface area contributed by atoms with Gasteiger partial charge in [0, 0.05) is 30.9 Å². The molecule has 3 heterocycles. The zero-order chi connectivity index (χ0) is 24.3. The summed E-state index contributed by atoms with van der Waals surface area (Å²) in [4.78, 5) is 15.5. The number of halogens is 3. The van der Waals surface area contributed by atoms with Gasteiger partial charge in [-0.3, -0.25) is 9.71 Å². The van der Waals surface area contributed by atoms with Gasteiger partial charge in [-0.2, -0.15) is 4.39 Å². The van der Waals surface area contributed by atoms with Crippen LogP contribution in [0.1, 0.15) is 5.56 Å². The number of anilines is 2. The first-order valence-electron chi connectivity index (χ1n) is 9.52. The fourth-order valence-electron chi connectivity index (χ4n) is 2.93. The van der Waals surface area contributed by atoms with E-state index in [0.29, 0.717) is 6.07 Å². The lowest BCUT2D eigenvalue weighted by molar-refractivity contribution is 0.401. The number of sulfonamides is 1. The highest BCUT2D eigenvalue weighted by Crippen LogP contribution is 2.35. The minimum atomic E-state index is -4.28. The first-order valence-corrected chi connectivity index (χ1v) is 11.2. The number of aromatic nitrogens is 4. The lowest BCUT2D eigenvalue weighted by atomic mass is 10.2. The Morgan fingerprint density at radius 1 is 1.00 bits per heavy atom. The third kappa shape index (κ3) is 5.04. The number of hydrogen-bond acceptors (Lipinski definition) is 8. The first-order chi connectivity index (χ1) is 16.2. The fraction of sp³-hybridized carbons (Fsp3) is 0.0476. The minimum Gasteiger partial charge on any atom is -0.435 e. The smallest absolute Gasteiger partial charge is 0.237 e. The van der Waals surface area contributed by atoms with E-state index in [1.165, 1.54) is 55.1 Å². The molecule has 0 aliphatic heterocycles. The van der Waals surface area contributed by atoms with Crippen molar-refractivity contribution in [2.75, 3.05) is 10.5 Å². The van der Waals surface area contributed by atoms with Crippen molar-refractivity contribution in [2.45, 2.75) is 5.75 Å². The van der Waals surface area contributed by atoms with Crippen molar-refractivity contribution in [1.82, 2.24) is 19.9 Å².